The number of imidazole rings is 1. The van der Waals surface area contributed by atoms with Gasteiger partial charge in [-0.15, -0.1) is 0 Å². The van der Waals surface area contributed by atoms with Gasteiger partial charge in [-0.3, -0.25) is 9.69 Å². The number of pyridine rings is 1. The zero-order valence-electron chi connectivity index (χ0n) is 18.0. The predicted octanol–water partition coefficient (Wildman–Crippen LogP) is 3.70. The minimum absolute atomic E-state index is 0.107. The minimum atomic E-state index is 0.107. The number of aryl methyl sites for hydroxylation is 2. The second kappa shape index (κ2) is 8.04. The molecule has 6 nitrogen and oxygen atoms in total. The van der Waals surface area contributed by atoms with Gasteiger partial charge in [-0.1, -0.05) is 6.07 Å². The lowest BCUT2D eigenvalue weighted by Crippen LogP contribution is -2.48. The first kappa shape index (κ1) is 19.6. The highest BCUT2D eigenvalue weighted by Crippen LogP contribution is 2.18. The number of amides is 1. The second-order valence-electron chi connectivity index (χ2n) is 8.29. The van der Waals surface area contributed by atoms with Crippen molar-refractivity contribution in [2.45, 2.75) is 20.4 Å². The van der Waals surface area contributed by atoms with Crippen molar-refractivity contribution in [2.75, 3.05) is 26.2 Å². The maximum Gasteiger partial charge on any atom is 0.254 e. The first-order valence-electron chi connectivity index (χ1n) is 10.8. The number of hydrogen-bond acceptors (Lipinski definition) is 3. The summed E-state index contributed by atoms with van der Waals surface area (Å²) in [5, 5.41) is 0. The van der Waals surface area contributed by atoms with Crippen molar-refractivity contribution < 1.29 is 4.79 Å². The van der Waals surface area contributed by atoms with Gasteiger partial charge >= 0.3 is 0 Å². The molecule has 0 unspecified atom stereocenters. The molecule has 0 N–H and O–H groups in total. The Labute approximate surface area is 182 Å². The summed E-state index contributed by atoms with van der Waals surface area (Å²) < 4.78 is 4.21. The van der Waals surface area contributed by atoms with Gasteiger partial charge in [0.15, 0.2) is 0 Å². The van der Waals surface area contributed by atoms with E-state index in [-0.39, 0.29) is 5.91 Å². The third-order valence-electron chi connectivity index (χ3n) is 6.11. The number of hydrogen-bond donors (Lipinski definition) is 0. The zero-order chi connectivity index (χ0) is 21.4. The third kappa shape index (κ3) is 3.86. The van der Waals surface area contributed by atoms with E-state index >= 15 is 0 Å². The molecular formula is C25H27N5O. The van der Waals surface area contributed by atoms with Crippen molar-refractivity contribution in [1.82, 2.24) is 23.8 Å². The van der Waals surface area contributed by atoms with E-state index in [4.69, 9.17) is 4.98 Å². The van der Waals surface area contributed by atoms with Gasteiger partial charge in [0.05, 0.1) is 11.4 Å². The third-order valence-corrected chi connectivity index (χ3v) is 6.11. The van der Waals surface area contributed by atoms with Crippen LogP contribution in [0.4, 0.5) is 0 Å². The maximum absolute atomic E-state index is 13.1. The molecule has 1 saturated heterocycles. The number of benzene rings is 1. The molecule has 5 rings (SSSR count). The highest BCUT2D eigenvalue weighted by atomic mass is 16.2. The van der Waals surface area contributed by atoms with Crippen LogP contribution in [0.3, 0.4) is 0 Å². The van der Waals surface area contributed by atoms with Crippen LogP contribution in [-0.4, -0.2) is 55.8 Å². The Morgan fingerprint density at radius 3 is 2.48 bits per heavy atom. The lowest BCUT2D eigenvalue weighted by molar-refractivity contribution is 0.0626. The molecule has 4 heterocycles. The molecule has 0 aliphatic carbocycles. The summed E-state index contributed by atoms with van der Waals surface area (Å²) in [6.07, 6.45) is 6.09. The molecule has 1 aromatic carbocycles. The largest absolute Gasteiger partial charge is 0.336 e. The van der Waals surface area contributed by atoms with Crippen molar-refractivity contribution in [1.29, 1.82) is 0 Å². The van der Waals surface area contributed by atoms with E-state index in [2.05, 4.69) is 41.5 Å². The average molecular weight is 414 g/mol. The first-order valence-corrected chi connectivity index (χ1v) is 10.8. The van der Waals surface area contributed by atoms with E-state index in [0.29, 0.717) is 0 Å². The van der Waals surface area contributed by atoms with Gasteiger partial charge in [-0.25, -0.2) is 4.98 Å². The van der Waals surface area contributed by atoms with Crippen LogP contribution in [0.1, 0.15) is 27.3 Å². The summed E-state index contributed by atoms with van der Waals surface area (Å²) in [4.78, 5) is 22.2. The Kier molecular flexibility index (Phi) is 5.08. The second-order valence-corrected chi connectivity index (χ2v) is 8.29. The molecule has 1 aliphatic rings. The van der Waals surface area contributed by atoms with Gasteiger partial charge in [-0.2, -0.15) is 0 Å². The highest BCUT2D eigenvalue weighted by molar-refractivity contribution is 5.94. The number of carbonyl (C=O) groups is 1. The van der Waals surface area contributed by atoms with E-state index in [1.54, 1.807) is 0 Å². The number of nitrogens with zero attached hydrogens (tertiary/aromatic N) is 5. The quantitative estimate of drug-likeness (QED) is 0.513. The fraction of sp³-hybridized carbons (Fsp3) is 0.280. The molecule has 4 aromatic rings. The van der Waals surface area contributed by atoms with E-state index in [0.717, 1.165) is 55.3 Å². The van der Waals surface area contributed by atoms with Crippen LogP contribution in [0.25, 0.3) is 11.3 Å². The Hall–Kier alpha value is -3.38. The smallest absolute Gasteiger partial charge is 0.254 e. The van der Waals surface area contributed by atoms with E-state index < -0.39 is 0 Å². The molecule has 1 amide bonds. The summed E-state index contributed by atoms with van der Waals surface area (Å²) in [5.74, 6) is 0.107. The number of rotatable bonds is 4. The van der Waals surface area contributed by atoms with Gasteiger partial charge in [0.1, 0.15) is 5.65 Å². The summed E-state index contributed by atoms with van der Waals surface area (Å²) in [7, 11) is 0. The van der Waals surface area contributed by atoms with Gasteiger partial charge < -0.3 is 13.9 Å². The van der Waals surface area contributed by atoms with E-state index in [1.807, 2.05) is 58.3 Å². The van der Waals surface area contributed by atoms with Gasteiger partial charge in [-0.05, 0) is 61.9 Å². The molecule has 158 valence electrons. The monoisotopic (exact) mass is 413 g/mol. The summed E-state index contributed by atoms with van der Waals surface area (Å²) in [5.41, 5.74) is 6.28. The molecule has 1 aliphatic heterocycles. The molecule has 0 bridgehead atoms. The molecule has 0 spiro atoms. The molecule has 3 aromatic heterocycles. The Bertz CT molecular complexity index is 1220. The SMILES string of the molecule is Cc1ccn2c(CN3CCN(C(=O)c4cccc(-n5cccc5)c4)CC3)c(C)nc2c1. The first-order chi connectivity index (χ1) is 15.1. The van der Waals surface area contributed by atoms with E-state index in [9.17, 15) is 4.79 Å². The van der Waals surface area contributed by atoms with Crippen molar-refractivity contribution in [2.24, 2.45) is 0 Å². The van der Waals surface area contributed by atoms with Crippen LogP contribution in [0, 0.1) is 13.8 Å². The summed E-state index contributed by atoms with van der Waals surface area (Å²) in [6, 6.07) is 16.1. The standard InChI is InChI=1S/C25H27N5O/c1-19-8-11-30-23(20(2)26-24(30)16-19)18-27-12-14-29(15-13-27)25(31)21-6-5-7-22(17-21)28-9-3-4-10-28/h3-11,16-17H,12-15,18H2,1-2H3. The minimum Gasteiger partial charge on any atom is -0.336 e. The van der Waals surface area contributed by atoms with Crippen molar-refractivity contribution in [3.8, 4) is 5.69 Å². The zero-order valence-corrected chi connectivity index (χ0v) is 18.0. The van der Waals surface area contributed by atoms with Crippen LogP contribution in [0.2, 0.25) is 0 Å². The van der Waals surface area contributed by atoms with Gasteiger partial charge in [0.2, 0.25) is 0 Å². The van der Waals surface area contributed by atoms with E-state index in [1.165, 1.54) is 11.3 Å². The molecule has 0 saturated carbocycles. The molecule has 1 fully saturated rings. The highest BCUT2D eigenvalue weighted by Gasteiger charge is 2.23. The van der Waals surface area contributed by atoms with Crippen LogP contribution in [0.15, 0.2) is 67.1 Å². The molecule has 31 heavy (non-hydrogen) atoms. The van der Waals surface area contributed by atoms with Crippen LogP contribution in [0.5, 0.6) is 0 Å². The molecule has 0 atom stereocenters. The van der Waals surface area contributed by atoms with Gasteiger partial charge in [0.25, 0.3) is 5.91 Å². The Morgan fingerprint density at radius 1 is 0.935 bits per heavy atom. The lowest BCUT2D eigenvalue weighted by Gasteiger charge is -2.34. The fourth-order valence-corrected chi connectivity index (χ4v) is 4.32. The van der Waals surface area contributed by atoms with Crippen LogP contribution >= 0.6 is 0 Å². The lowest BCUT2D eigenvalue weighted by atomic mass is 10.1. The summed E-state index contributed by atoms with van der Waals surface area (Å²) >= 11 is 0. The van der Waals surface area contributed by atoms with Crippen LogP contribution in [-0.2, 0) is 6.54 Å². The molecule has 0 radical (unpaired) electrons. The predicted molar refractivity (Wildman–Crippen MR) is 122 cm³/mol. The summed E-state index contributed by atoms with van der Waals surface area (Å²) in [6.45, 7) is 8.22. The van der Waals surface area contributed by atoms with Crippen molar-refractivity contribution in [3.63, 3.8) is 0 Å². The maximum atomic E-state index is 13.1. The van der Waals surface area contributed by atoms with Crippen molar-refractivity contribution in [3.05, 3.63) is 89.6 Å². The van der Waals surface area contributed by atoms with Crippen molar-refractivity contribution >= 4 is 11.6 Å². The number of aromatic nitrogens is 3. The number of carbonyl (C=O) groups excluding carboxylic acids is 1. The number of piperazine rings is 1. The fourth-order valence-electron chi connectivity index (χ4n) is 4.32. The number of fused-ring (bicyclic) bond motifs is 1. The average Bonchev–Trinajstić information content (AvgIpc) is 3.42. The van der Waals surface area contributed by atoms with Gasteiger partial charge in [0, 0.05) is 62.6 Å². The van der Waals surface area contributed by atoms with Crippen LogP contribution < -0.4 is 0 Å². The molecular weight excluding hydrogens is 386 g/mol. The molecule has 6 heteroatoms. The Balaban J connectivity index is 1.25. The topological polar surface area (TPSA) is 45.8 Å². The normalized spacial score (nSPS) is 15.0. The Morgan fingerprint density at radius 2 is 1.71 bits per heavy atom.